The molecule has 0 saturated heterocycles. The number of hydrogen-bond donors (Lipinski definition) is 2. The number of fused-ring (bicyclic) bond motifs is 1. The monoisotopic (exact) mass is 358 g/mol. The Hall–Kier alpha value is -2.34. The number of urea groups is 1. The van der Waals surface area contributed by atoms with Gasteiger partial charge in [0.05, 0.1) is 17.1 Å². The second-order valence-electron chi connectivity index (χ2n) is 4.93. The Kier molecular flexibility index (Phi) is 4.11. The zero-order chi connectivity index (χ0) is 15.5. The summed E-state index contributed by atoms with van der Waals surface area (Å²) in [4.78, 5) is 16.4. The van der Waals surface area contributed by atoms with Gasteiger partial charge in [-0.3, -0.25) is 0 Å². The summed E-state index contributed by atoms with van der Waals surface area (Å²) in [5.41, 5.74) is 5.48. The van der Waals surface area contributed by atoms with Crippen molar-refractivity contribution in [2.75, 3.05) is 5.43 Å². The highest BCUT2D eigenvalue weighted by Gasteiger charge is 2.12. The third-order valence-corrected chi connectivity index (χ3v) is 4.12. The van der Waals surface area contributed by atoms with Gasteiger partial charge >= 0.3 is 6.03 Å². The van der Waals surface area contributed by atoms with E-state index in [-0.39, 0.29) is 12.1 Å². The Balaban J connectivity index is 1.71. The van der Waals surface area contributed by atoms with Gasteiger partial charge in [-0.2, -0.15) is 0 Å². The van der Waals surface area contributed by atoms with Gasteiger partial charge in [0.1, 0.15) is 6.33 Å². The summed E-state index contributed by atoms with van der Waals surface area (Å²) in [6, 6.07) is 15.0. The quantitative estimate of drug-likeness (QED) is 0.747. The fourth-order valence-corrected chi connectivity index (χ4v) is 2.92. The number of rotatable bonds is 3. The van der Waals surface area contributed by atoms with Crippen LogP contribution in [0.3, 0.4) is 0 Å². The summed E-state index contributed by atoms with van der Waals surface area (Å²) in [6.07, 6.45) is 1.59. The van der Waals surface area contributed by atoms with Crippen LogP contribution in [-0.2, 0) is 0 Å². The van der Waals surface area contributed by atoms with Crippen LogP contribution < -0.4 is 10.7 Å². The first-order valence-electron chi connectivity index (χ1n) is 6.89. The number of halogens is 1. The molecule has 0 spiro atoms. The number of para-hydroxylation sites is 2. The van der Waals surface area contributed by atoms with Crippen molar-refractivity contribution in [3.05, 3.63) is 64.9 Å². The highest BCUT2D eigenvalue weighted by molar-refractivity contribution is 9.10. The smallest absolute Gasteiger partial charge is 0.330 e. The van der Waals surface area contributed by atoms with Crippen molar-refractivity contribution in [2.24, 2.45) is 0 Å². The first-order valence-corrected chi connectivity index (χ1v) is 7.68. The van der Waals surface area contributed by atoms with Crippen molar-refractivity contribution < 1.29 is 4.79 Å². The van der Waals surface area contributed by atoms with Crippen LogP contribution in [0.4, 0.5) is 4.79 Å². The van der Waals surface area contributed by atoms with E-state index in [1.807, 2.05) is 55.5 Å². The lowest BCUT2D eigenvalue weighted by molar-refractivity contribution is 0.247. The number of aromatic nitrogens is 2. The number of nitrogens with one attached hydrogen (secondary N) is 2. The molecule has 3 rings (SSSR count). The van der Waals surface area contributed by atoms with Crippen molar-refractivity contribution in [1.29, 1.82) is 0 Å². The van der Waals surface area contributed by atoms with Crippen molar-refractivity contribution in [2.45, 2.75) is 13.0 Å². The molecule has 1 atom stereocenters. The molecule has 0 aliphatic heterocycles. The number of amides is 2. The molecule has 2 N–H and O–H groups in total. The summed E-state index contributed by atoms with van der Waals surface area (Å²) in [6.45, 7) is 1.94. The zero-order valence-electron chi connectivity index (χ0n) is 12.0. The average molecular weight is 359 g/mol. The van der Waals surface area contributed by atoms with Crippen LogP contribution in [0.5, 0.6) is 0 Å². The molecule has 6 heteroatoms. The van der Waals surface area contributed by atoms with Gasteiger partial charge in [0.15, 0.2) is 0 Å². The molecular formula is C16H15BrN4O. The van der Waals surface area contributed by atoms with E-state index in [9.17, 15) is 4.79 Å². The number of carbonyl (C=O) groups is 1. The van der Waals surface area contributed by atoms with Crippen molar-refractivity contribution >= 4 is 33.0 Å². The normalized spacial score (nSPS) is 12.1. The second-order valence-corrected chi connectivity index (χ2v) is 5.79. The summed E-state index contributed by atoms with van der Waals surface area (Å²) in [5, 5.41) is 2.91. The highest BCUT2D eigenvalue weighted by Crippen LogP contribution is 2.22. The Morgan fingerprint density at radius 3 is 2.73 bits per heavy atom. The molecule has 0 unspecified atom stereocenters. The zero-order valence-corrected chi connectivity index (χ0v) is 13.5. The van der Waals surface area contributed by atoms with E-state index >= 15 is 0 Å². The van der Waals surface area contributed by atoms with Gasteiger partial charge in [0.2, 0.25) is 0 Å². The lowest BCUT2D eigenvalue weighted by Gasteiger charge is -2.16. The van der Waals surface area contributed by atoms with Crippen LogP contribution in [0.25, 0.3) is 11.0 Å². The predicted octanol–water partition coefficient (Wildman–Crippen LogP) is 3.81. The third-order valence-electron chi connectivity index (χ3n) is 3.39. The molecular weight excluding hydrogens is 344 g/mol. The van der Waals surface area contributed by atoms with Crippen LogP contribution >= 0.6 is 15.9 Å². The van der Waals surface area contributed by atoms with E-state index in [1.165, 1.54) is 0 Å². The molecule has 112 valence electrons. The number of carbonyl (C=O) groups excluding carboxylic acids is 1. The molecule has 5 nitrogen and oxygen atoms in total. The maximum absolute atomic E-state index is 12.2. The minimum absolute atomic E-state index is 0.120. The largest absolute Gasteiger partial charge is 0.334 e. The first kappa shape index (κ1) is 14.6. The van der Waals surface area contributed by atoms with E-state index in [0.717, 1.165) is 21.1 Å². The fourth-order valence-electron chi connectivity index (χ4n) is 2.29. The third kappa shape index (κ3) is 2.96. The van der Waals surface area contributed by atoms with Crippen LogP contribution in [-0.4, -0.2) is 15.7 Å². The van der Waals surface area contributed by atoms with Gasteiger partial charge in [-0.1, -0.05) is 46.3 Å². The molecule has 22 heavy (non-hydrogen) atoms. The second kappa shape index (κ2) is 6.19. The molecule has 3 aromatic rings. The van der Waals surface area contributed by atoms with Crippen LogP contribution in [0, 0.1) is 0 Å². The topological polar surface area (TPSA) is 59.0 Å². The van der Waals surface area contributed by atoms with E-state index < -0.39 is 0 Å². The molecule has 2 amide bonds. The van der Waals surface area contributed by atoms with E-state index in [0.29, 0.717) is 0 Å². The van der Waals surface area contributed by atoms with Gasteiger partial charge < -0.3 is 5.32 Å². The highest BCUT2D eigenvalue weighted by atomic mass is 79.9. The molecule has 0 radical (unpaired) electrons. The Morgan fingerprint density at radius 1 is 1.18 bits per heavy atom. The summed E-state index contributed by atoms with van der Waals surface area (Å²) >= 11 is 3.49. The van der Waals surface area contributed by atoms with Crippen LogP contribution in [0.15, 0.2) is 59.3 Å². The van der Waals surface area contributed by atoms with E-state index in [2.05, 4.69) is 31.7 Å². The average Bonchev–Trinajstić information content (AvgIpc) is 2.91. The summed E-state index contributed by atoms with van der Waals surface area (Å²) < 4.78 is 2.58. The van der Waals surface area contributed by atoms with Gasteiger partial charge in [-0.25, -0.2) is 19.9 Å². The lowest BCUT2D eigenvalue weighted by Crippen LogP contribution is -2.35. The Labute approximate surface area is 136 Å². The number of imidazole rings is 1. The van der Waals surface area contributed by atoms with Crippen LogP contribution in [0.2, 0.25) is 0 Å². The minimum atomic E-state index is -0.286. The van der Waals surface area contributed by atoms with Crippen LogP contribution in [0.1, 0.15) is 18.5 Å². The van der Waals surface area contributed by atoms with E-state index in [1.54, 1.807) is 11.0 Å². The van der Waals surface area contributed by atoms with Crippen molar-refractivity contribution in [3.8, 4) is 0 Å². The van der Waals surface area contributed by atoms with Gasteiger partial charge in [-0.15, -0.1) is 0 Å². The Morgan fingerprint density at radius 2 is 1.91 bits per heavy atom. The first-order chi connectivity index (χ1) is 10.6. The van der Waals surface area contributed by atoms with Gasteiger partial charge in [0.25, 0.3) is 0 Å². The molecule has 0 fully saturated rings. The van der Waals surface area contributed by atoms with Gasteiger partial charge in [-0.05, 0) is 30.7 Å². The predicted molar refractivity (Wildman–Crippen MR) is 90.2 cm³/mol. The fraction of sp³-hybridized carbons (Fsp3) is 0.125. The maximum atomic E-state index is 12.2. The molecule has 0 saturated carbocycles. The minimum Gasteiger partial charge on any atom is -0.330 e. The maximum Gasteiger partial charge on any atom is 0.334 e. The molecule has 2 aromatic carbocycles. The van der Waals surface area contributed by atoms with Crippen molar-refractivity contribution in [1.82, 2.24) is 15.0 Å². The Bertz CT molecular complexity index is 815. The van der Waals surface area contributed by atoms with Crippen molar-refractivity contribution in [3.63, 3.8) is 0 Å². The number of hydrogen-bond acceptors (Lipinski definition) is 2. The lowest BCUT2D eigenvalue weighted by atomic mass is 10.1. The summed E-state index contributed by atoms with van der Waals surface area (Å²) in [7, 11) is 0. The molecule has 0 aliphatic carbocycles. The molecule has 1 heterocycles. The number of nitrogens with zero attached hydrogens (tertiary/aromatic N) is 2. The molecule has 0 aliphatic rings. The molecule has 1 aromatic heterocycles. The van der Waals surface area contributed by atoms with Gasteiger partial charge in [0, 0.05) is 4.47 Å². The standard InChI is InChI=1S/C16H15BrN4O/c1-11(12-6-2-3-7-13(12)17)19-16(22)20-21-10-18-14-8-4-5-9-15(14)21/h2-11H,1H3,(H2,19,20,22)/t11-/m0/s1. The summed E-state index contributed by atoms with van der Waals surface area (Å²) in [5.74, 6) is 0. The molecule has 0 bridgehead atoms. The van der Waals surface area contributed by atoms with E-state index in [4.69, 9.17) is 0 Å². The SMILES string of the molecule is C[C@H](NC(=O)Nn1cnc2ccccc21)c1ccccc1Br. The number of benzene rings is 2.